The molecule has 1 unspecified atom stereocenters. The number of anilines is 2. The fourth-order valence-electron chi connectivity index (χ4n) is 2.84. The average Bonchev–Trinajstić information content (AvgIpc) is 3.21. The number of hydrogen-bond donors (Lipinski definition) is 2. The number of fused-ring (bicyclic) bond motifs is 1. The molecular weight excluding hydrogens is 348 g/mol. The maximum atomic E-state index is 12.9. The lowest BCUT2D eigenvalue weighted by molar-refractivity contribution is -0.119. The van der Waals surface area contributed by atoms with Gasteiger partial charge in [0.15, 0.2) is 6.61 Å². The highest BCUT2D eigenvalue weighted by Crippen LogP contribution is 2.30. The number of amides is 2. The molecule has 0 radical (unpaired) electrons. The van der Waals surface area contributed by atoms with Crippen LogP contribution in [0.2, 0.25) is 0 Å². The van der Waals surface area contributed by atoms with Gasteiger partial charge < -0.3 is 15.4 Å². The molecule has 136 valence electrons. The second-order valence-corrected chi connectivity index (χ2v) is 6.03. The second-order valence-electron chi connectivity index (χ2n) is 6.03. The minimum atomic E-state index is -0.621. The van der Waals surface area contributed by atoms with E-state index in [0.717, 1.165) is 5.56 Å². The van der Waals surface area contributed by atoms with Gasteiger partial charge in [0.05, 0.1) is 5.69 Å². The van der Waals surface area contributed by atoms with Crippen LogP contribution in [0, 0.1) is 0 Å². The van der Waals surface area contributed by atoms with Crippen molar-refractivity contribution in [1.82, 2.24) is 20.2 Å². The number of tetrazole rings is 1. The van der Waals surface area contributed by atoms with Crippen molar-refractivity contribution in [3.63, 3.8) is 0 Å². The van der Waals surface area contributed by atoms with Crippen molar-refractivity contribution in [3.05, 3.63) is 60.4 Å². The van der Waals surface area contributed by atoms with Crippen molar-refractivity contribution in [3.8, 4) is 5.75 Å². The van der Waals surface area contributed by atoms with Crippen molar-refractivity contribution < 1.29 is 14.3 Å². The first-order chi connectivity index (χ1) is 13.2. The van der Waals surface area contributed by atoms with E-state index in [4.69, 9.17) is 4.74 Å². The molecule has 2 heterocycles. The lowest BCUT2D eigenvalue weighted by Crippen LogP contribution is -2.29. The third kappa shape index (κ3) is 3.76. The topological polar surface area (TPSA) is 111 Å². The van der Waals surface area contributed by atoms with Crippen LogP contribution in [0.25, 0.3) is 0 Å². The number of carbonyl (C=O) groups is 2. The fourth-order valence-corrected chi connectivity index (χ4v) is 2.84. The molecule has 27 heavy (non-hydrogen) atoms. The van der Waals surface area contributed by atoms with E-state index in [1.165, 1.54) is 11.0 Å². The SMILES string of the molecule is O=C1COc2ccc(NC(=O)C(Cc3ccccc3)n3cnnn3)cc2N1. The Bertz CT molecular complexity index is 958. The summed E-state index contributed by atoms with van der Waals surface area (Å²) in [4.78, 5) is 24.4. The van der Waals surface area contributed by atoms with E-state index in [1.807, 2.05) is 30.3 Å². The third-order valence-corrected chi connectivity index (χ3v) is 4.14. The number of ether oxygens (including phenoxy) is 1. The summed E-state index contributed by atoms with van der Waals surface area (Å²) < 4.78 is 6.75. The molecule has 9 nitrogen and oxygen atoms in total. The van der Waals surface area contributed by atoms with E-state index in [1.54, 1.807) is 18.2 Å². The minimum Gasteiger partial charge on any atom is -0.482 e. The average molecular weight is 364 g/mol. The maximum absolute atomic E-state index is 12.9. The maximum Gasteiger partial charge on any atom is 0.262 e. The summed E-state index contributed by atoms with van der Waals surface area (Å²) in [6, 6.07) is 14.1. The normalized spacial score (nSPS) is 13.9. The Balaban J connectivity index is 1.55. The predicted molar refractivity (Wildman–Crippen MR) is 96.2 cm³/mol. The second kappa shape index (κ2) is 7.24. The van der Waals surface area contributed by atoms with E-state index in [2.05, 4.69) is 26.2 Å². The van der Waals surface area contributed by atoms with Gasteiger partial charge in [-0.25, -0.2) is 4.68 Å². The smallest absolute Gasteiger partial charge is 0.262 e. The number of rotatable bonds is 5. The summed E-state index contributed by atoms with van der Waals surface area (Å²) in [5.74, 6) is 0.0599. The van der Waals surface area contributed by atoms with Crippen LogP contribution in [0.5, 0.6) is 5.75 Å². The zero-order valence-corrected chi connectivity index (χ0v) is 14.2. The van der Waals surface area contributed by atoms with E-state index in [-0.39, 0.29) is 18.4 Å². The molecule has 0 aliphatic carbocycles. The highest BCUT2D eigenvalue weighted by molar-refractivity contribution is 5.98. The highest BCUT2D eigenvalue weighted by atomic mass is 16.5. The van der Waals surface area contributed by atoms with Crippen LogP contribution in [-0.4, -0.2) is 38.6 Å². The van der Waals surface area contributed by atoms with Crippen molar-refractivity contribution in [2.45, 2.75) is 12.5 Å². The molecule has 4 rings (SSSR count). The number of nitrogens with one attached hydrogen (secondary N) is 2. The summed E-state index contributed by atoms with van der Waals surface area (Å²) in [6.07, 6.45) is 1.84. The quantitative estimate of drug-likeness (QED) is 0.708. The summed E-state index contributed by atoms with van der Waals surface area (Å²) in [6.45, 7) is -0.0167. The van der Waals surface area contributed by atoms with Gasteiger partial charge in [-0.05, 0) is 34.2 Å². The summed E-state index contributed by atoms with van der Waals surface area (Å²) >= 11 is 0. The van der Waals surface area contributed by atoms with E-state index in [0.29, 0.717) is 23.5 Å². The van der Waals surface area contributed by atoms with Crippen LogP contribution in [0.3, 0.4) is 0 Å². The third-order valence-electron chi connectivity index (χ3n) is 4.14. The van der Waals surface area contributed by atoms with Gasteiger partial charge in [0, 0.05) is 12.1 Å². The molecule has 1 atom stereocenters. The molecule has 2 aromatic carbocycles. The first kappa shape index (κ1) is 16.7. The molecule has 1 aliphatic heterocycles. The summed E-state index contributed by atoms with van der Waals surface area (Å²) in [5, 5.41) is 16.7. The van der Waals surface area contributed by atoms with Gasteiger partial charge in [-0.3, -0.25) is 9.59 Å². The largest absolute Gasteiger partial charge is 0.482 e. The Labute approximate surface area is 154 Å². The number of nitrogens with zero attached hydrogens (tertiary/aromatic N) is 4. The van der Waals surface area contributed by atoms with Crippen molar-refractivity contribution in [2.24, 2.45) is 0 Å². The van der Waals surface area contributed by atoms with Gasteiger partial charge in [-0.2, -0.15) is 0 Å². The monoisotopic (exact) mass is 364 g/mol. The van der Waals surface area contributed by atoms with Crippen molar-refractivity contribution in [2.75, 3.05) is 17.2 Å². The predicted octanol–water partition coefficient (Wildman–Crippen LogP) is 1.43. The Kier molecular flexibility index (Phi) is 4.48. The van der Waals surface area contributed by atoms with Gasteiger partial charge in [0.25, 0.3) is 5.91 Å². The number of hydrogen-bond acceptors (Lipinski definition) is 6. The lowest BCUT2D eigenvalue weighted by Gasteiger charge is -2.20. The first-order valence-corrected chi connectivity index (χ1v) is 8.33. The molecule has 3 aromatic rings. The van der Waals surface area contributed by atoms with Crippen LogP contribution in [0.1, 0.15) is 11.6 Å². The fraction of sp³-hybridized carbons (Fsp3) is 0.167. The van der Waals surface area contributed by atoms with E-state index in [9.17, 15) is 9.59 Å². The molecule has 0 spiro atoms. The Morgan fingerprint density at radius 2 is 2.11 bits per heavy atom. The molecule has 1 aliphatic rings. The molecule has 0 bridgehead atoms. The zero-order valence-electron chi connectivity index (χ0n) is 14.2. The van der Waals surface area contributed by atoms with Crippen molar-refractivity contribution >= 4 is 23.2 Å². The van der Waals surface area contributed by atoms with Gasteiger partial charge in [-0.15, -0.1) is 5.10 Å². The molecule has 9 heteroatoms. The highest BCUT2D eigenvalue weighted by Gasteiger charge is 2.23. The van der Waals surface area contributed by atoms with E-state index < -0.39 is 6.04 Å². The minimum absolute atomic E-state index is 0.0167. The number of carbonyl (C=O) groups excluding carboxylic acids is 2. The van der Waals surface area contributed by atoms with Crippen molar-refractivity contribution in [1.29, 1.82) is 0 Å². The first-order valence-electron chi connectivity index (χ1n) is 8.33. The Hall–Kier alpha value is -3.75. The van der Waals surface area contributed by atoms with Gasteiger partial charge in [0.2, 0.25) is 5.91 Å². The number of aromatic nitrogens is 4. The standard InChI is InChI=1S/C18H16N6O3/c25-17-10-27-16-7-6-13(9-14(16)21-17)20-18(26)15(24-11-19-22-23-24)8-12-4-2-1-3-5-12/h1-7,9,11,15H,8,10H2,(H,20,26)(H,21,25). The molecule has 0 saturated heterocycles. The van der Waals surface area contributed by atoms with Gasteiger partial charge >= 0.3 is 0 Å². The van der Waals surface area contributed by atoms with Crippen LogP contribution >= 0.6 is 0 Å². The number of benzene rings is 2. The summed E-state index contributed by atoms with van der Waals surface area (Å²) in [7, 11) is 0. The molecule has 1 aromatic heterocycles. The summed E-state index contributed by atoms with van der Waals surface area (Å²) in [5.41, 5.74) is 2.04. The van der Waals surface area contributed by atoms with Crippen LogP contribution in [0.15, 0.2) is 54.9 Å². The molecule has 2 N–H and O–H groups in total. The molecule has 2 amide bonds. The van der Waals surface area contributed by atoms with Gasteiger partial charge in [0.1, 0.15) is 18.1 Å². The Morgan fingerprint density at radius 1 is 1.26 bits per heavy atom. The van der Waals surface area contributed by atoms with Crippen LogP contribution < -0.4 is 15.4 Å². The molecular formula is C18H16N6O3. The Morgan fingerprint density at radius 3 is 2.89 bits per heavy atom. The van der Waals surface area contributed by atoms with E-state index >= 15 is 0 Å². The lowest BCUT2D eigenvalue weighted by atomic mass is 10.1. The molecule has 0 fully saturated rings. The zero-order chi connectivity index (χ0) is 18.6. The van der Waals surface area contributed by atoms with Crippen LogP contribution in [0.4, 0.5) is 11.4 Å². The molecule has 0 saturated carbocycles. The van der Waals surface area contributed by atoms with Gasteiger partial charge in [-0.1, -0.05) is 30.3 Å². The van der Waals surface area contributed by atoms with Crippen LogP contribution in [-0.2, 0) is 16.0 Å².